The highest BCUT2D eigenvalue weighted by molar-refractivity contribution is 6.28. The number of carbonyl (C=O) groups is 1. The maximum absolute atomic E-state index is 12.2. The number of halogens is 1. The lowest BCUT2D eigenvalue weighted by molar-refractivity contribution is 0.0273. The molecule has 1 amide bonds. The molecule has 0 N–H and O–H groups in total. The van der Waals surface area contributed by atoms with Crippen molar-refractivity contribution in [3.8, 4) is 0 Å². The molecule has 0 aromatic carbocycles. The third-order valence-corrected chi connectivity index (χ3v) is 3.74. The number of aromatic nitrogens is 2. The Morgan fingerprint density at radius 2 is 2.17 bits per heavy atom. The van der Waals surface area contributed by atoms with E-state index in [-0.39, 0.29) is 6.09 Å². The predicted molar refractivity (Wildman–Crippen MR) is 93.9 cm³/mol. The highest BCUT2D eigenvalue weighted by atomic mass is 35.5. The lowest BCUT2D eigenvalue weighted by Crippen LogP contribution is -2.39. The summed E-state index contributed by atoms with van der Waals surface area (Å²) in [5, 5.41) is 0.386. The summed E-state index contributed by atoms with van der Waals surface area (Å²) in [4.78, 5) is 18.3. The van der Waals surface area contributed by atoms with Crippen LogP contribution in [0.5, 0.6) is 0 Å². The van der Waals surface area contributed by atoms with E-state index >= 15 is 0 Å². The Morgan fingerprint density at radius 1 is 1.42 bits per heavy atom. The summed E-state index contributed by atoms with van der Waals surface area (Å²) in [7, 11) is 0. The first kappa shape index (κ1) is 18.8. The number of imidazole rings is 1. The number of hydrogen-bond acceptors (Lipinski definition) is 4. The van der Waals surface area contributed by atoms with Crippen molar-refractivity contribution in [3.63, 3.8) is 0 Å². The summed E-state index contributed by atoms with van der Waals surface area (Å²) in [6.45, 7) is 9.82. The summed E-state index contributed by atoms with van der Waals surface area (Å²) >= 11 is 6.17. The molecule has 0 atom stereocenters. The van der Waals surface area contributed by atoms with Gasteiger partial charge in [0.1, 0.15) is 12.3 Å². The van der Waals surface area contributed by atoms with E-state index < -0.39 is 5.60 Å². The van der Waals surface area contributed by atoms with E-state index in [0.717, 1.165) is 24.1 Å². The maximum Gasteiger partial charge on any atom is 0.410 e. The van der Waals surface area contributed by atoms with Gasteiger partial charge < -0.3 is 14.4 Å². The fraction of sp³-hybridized carbons (Fsp3) is 0.647. The fourth-order valence-corrected chi connectivity index (χ4v) is 2.55. The van der Waals surface area contributed by atoms with Crippen LogP contribution < -0.4 is 0 Å². The second kappa shape index (κ2) is 8.03. The molecule has 0 bridgehead atoms. The minimum absolute atomic E-state index is 0.301. The van der Waals surface area contributed by atoms with Gasteiger partial charge in [0.15, 0.2) is 0 Å². The number of ether oxygens (including phenoxy) is 2. The summed E-state index contributed by atoms with van der Waals surface area (Å²) in [5.41, 5.74) is 1.25. The summed E-state index contributed by atoms with van der Waals surface area (Å²) < 4.78 is 12.7. The first-order valence-electron chi connectivity index (χ1n) is 8.28. The Balaban J connectivity index is 2.03. The van der Waals surface area contributed by atoms with Crippen LogP contribution in [0.15, 0.2) is 12.3 Å². The number of nitrogens with zero attached hydrogens (tertiary/aromatic N) is 3. The SMILES string of the molecule is CCCOCn1cc(C2=CCCN(C(=O)OC(C)(C)C)C2)nc1Cl. The molecular formula is C17H26ClN3O3. The van der Waals surface area contributed by atoms with Gasteiger partial charge in [0.25, 0.3) is 0 Å². The van der Waals surface area contributed by atoms with Crippen molar-refractivity contribution in [2.45, 2.75) is 52.9 Å². The summed E-state index contributed by atoms with van der Waals surface area (Å²) in [6, 6.07) is 0. The third kappa shape index (κ3) is 5.24. The van der Waals surface area contributed by atoms with Gasteiger partial charge in [-0.15, -0.1) is 0 Å². The largest absolute Gasteiger partial charge is 0.444 e. The minimum atomic E-state index is -0.500. The lowest BCUT2D eigenvalue weighted by Gasteiger charge is -2.29. The van der Waals surface area contributed by atoms with E-state index in [0.29, 0.717) is 31.7 Å². The fourth-order valence-electron chi connectivity index (χ4n) is 2.36. The second-order valence-electron chi connectivity index (χ2n) is 6.82. The van der Waals surface area contributed by atoms with Crippen LogP contribution in [0.25, 0.3) is 5.57 Å². The van der Waals surface area contributed by atoms with Gasteiger partial charge in [-0.2, -0.15) is 0 Å². The van der Waals surface area contributed by atoms with Crippen LogP contribution >= 0.6 is 11.6 Å². The van der Waals surface area contributed by atoms with Gasteiger partial charge >= 0.3 is 6.09 Å². The molecule has 0 fully saturated rings. The van der Waals surface area contributed by atoms with E-state index in [1.54, 1.807) is 9.47 Å². The van der Waals surface area contributed by atoms with Crippen molar-refractivity contribution in [3.05, 3.63) is 23.3 Å². The zero-order valence-corrected chi connectivity index (χ0v) is 15.6. The Kier molecular flexibility index (Phi) is 6.29. The summed E-state index contributed by atoms with van der Waals surface area (Å²) in [5.74, 6) is 0. The van der Waals surface area contributed by atoms with Crippen LogP contribution in [0.1, 0.15) is 46.2 Å². The van der Waals surface area contributed by atoms with Gasteiger partial charge in [-0.1, -0.05) is 13.0 Å². The lowest BCUT2D eigenvalue weighted by atomic mass is 10.1. The maximum atomic E-state index is 12.2. The van der Waals surface area contributed by atoms with Crippen LogP contribution in [0.2, 0.25) is 5.28 Å². The van der Waals surface area contributed by atoms with Gasteiger partial charge in [-0.25, -0.2) is 9.78 Å². The quantitative estimate of drug-likeness (QED) is 0.750. The van der Waals surface area contributed by atoms with Gasteiger partial charge in [-0.05, 0) is 50.8 Å². The third-order valence-electron chi connectivity index (χ3n) is 3.44. The van der Waals surface area contributed by atoms with Crippen molar-refractivity contribution in [1.29, 1.82) is 0 Å². The molecule has 2 heterocycles. The van der Waals surface area contributed by atoms with Crippen LogP contribution in [0, 0.1) is 0 Å². The van der Waals surface area contributed by atoms with Crippen molar-refractivity contribution in [1.82, 2.24) is 14.5 Å². The summed E-state index contributed by atoms with van der Waals surface area (Å²) in [6.07, 6.45) is 5.38. The number of hydrogen-bond donors (Lipinski definition) is 0. The van der Waals surface area contributed by atoms with E-state index in [4.69, 9.17) is 21.1 Å². The van der Waals surface area contributed by atoms with Crippen molar-refractivity contribution in [2.24, 2.45) is 0 Å². The highest BCUT2D eigenvalue weighted by Gasteiger charge is 2.25. The molecule has 0 saturated heterocycles. The number of amides is 1. The second-order valence-corrected chi connectivity index (χ2v) is 7.16. The van der Waals surface area contributed by atoms with Crippen LogP contribution in [0.3, 0.4) is 0 Å². The molecule has 7 heteroatoms. The molecule has 24 heavy (non-hydrogen) atoms. The molecule has 6 nitrogen and oxygen atoms in total. The molecule has 1 aliphatic heterocycles. The predicted octanol–water partition coefficient (Wildman–Crippen LogP) is 3.94. The van der Waals surface area contributed by atoms with Gasteiger partial charge in [0.05, 0.1) is 12.2 Å². The standard InChI is InChI=1S/C17H26ClN3O3/c1-5-9-23-12-21-11-14(19-15(21)18)13-7-6-8-20(10-13)16(22)24-17(2,3)4/h7,11H,5-6,8-10,12H2,1-4H3. The van der Waals surface area contributed by atoms with Crippen LogP contribution in [-0.2, 0) is 16.2 Å². The first-order valence-corrected chi connectivity index (χ1v) is 8.65. The Bertz CT molecular complexity index is 605. The Hall–Kier alpha value is -1.53. The Morgan fingerprint density at radius 3 is 2.83 bits per heavy atom. The first-order chi connectivity index (χ1) is 11.3. The Labute approximate surface area is 148 Å². The van der Waals surface area contributed by atoms with E-state index in [1.165, 1.54) is 0 Å². The average molecular weight is 356 g/mol. The number of carbonyl (C=O) groups excluding carboxylic acids is 1. The molecular weight excluding hydrogens is 330 g/mol. The van der Waals surface area contributed by atoms with Gasteiger partial charge in [0, 0.05) is 19.3 Å². The van der Waals surface area contributed by atoms with Crippen LogP contribution in [0.4, 0.5) is 4.79 Å². The zero-order chi connectivity index (χ0) is 17.7. The average Bonchev–Trinajstić information content (AvgIpc) is 2.87. The molecule has 0 radical (unpaired) electrons. The van der Waals surface area contributed by atoms with E-state index in [1.807, 2.05) is 27.0 Å². The topological polar surface area (TPSA) is 56.6 Å². The zero-order valence-electron chi connectivity index (χ0n) is 14.8. The molecule has 1 aromatic heterocycles. The molecule has 2 rings (SSSR count). The molecule has 0 saturated carbocycles. The molecule has 1 aromatic rings. The van der Waals surface area contributed by atoms with Crippen LogP contribution in [-0.4, -0.2) is 45.8 Å². The molecule has 0 unspecified atom stereocenters. The number of rotatable bonds is 5. The highest BCUT2D eigenvalue weighted by Crippen LogP contribution is 2.23. The van der Waals surface area contributed by atoms with Gasteiger partial charge in [-0.3, -0.25) is 4.57 Å². The van der Waals surface area contributed by atoms with E-state index in [9.17, 15) is 4.79 Å². The molecule has 0 aliphatic carbocycles. The smallest absolute Gasteiger partial charge is 0.410 e. The molecule has 134 valence electrons. The molecule has 1 aliphatic rings. The van der Waals surface area contributed by atoms with Crippen molar-refractivity contribution in [2.75, 3.05) is 19.7 Å². The minimum Gasteiger partial charge on any atom is -0.444 e. The van der Waals surface area contributed by atoms with E-state index in [2.05, 4.69) is 18.0 Å². The molecule has 0 spiro atoms. The van der Waals surface area contributed by atoms with Gasteiger partial charge in [0.2, 0.25) is 5.28 Å². The normalized spacial score (nSPS) is 15.4. The van der Waals surface area contributed by atoms with Crippen molar-refractivity contribution >= 4 is 23.3 Å². The monoisotopic (exact) mass is 355 g/mol. The van der Waals surface area contributed by atoms with Crippen molar-refractivity contribution < 1.29 is 14.3 Å².